The second-order valence-electron chi connectivity index (χ2n) is 10.1. The predicted octanol–water partition coefficient (Wildman–Crippen LogP) is 6.06. The molecule has 4 rings (SSSR count). The monoisotopic (exact) mass is 519 g/mol. The molecule has 2 N–H and O–H groups in total. The van der Waals surface area contributed by atoms with E-state index in [4.69, 9.17) is 24.2 Å². The van der Waals surface area contributed by atoms with Crippen molar-refractivity contribution in [3.05, 3.63) is 48.7 Å². The molecule has 0 fully saturated rings. The number of benzene rings is 2. The average Bonchev–Trinajstić information content (AvgIpc) is 3.34. The number of anilines is 1. The number of carbonyl (C=O) groups excluding carboxylic acids is 1. The van der Waals surface area contributed by atoms with Gasteiger partial charge < -0.3 is 24.8 Å². The Labute approximate surface area is 223 Å². The van der Waals surface area contributed by atoms with Gasteiger partial charge in [-0.1, -0.05) is 25.0 Å². The van der Waals surface area contributed by atoms with E-state index < -0.39 is 5.60 Å². The highest BCUT2D eigenvalue weighted by molar-refractivity contribution is 5.86. The molecule has 202 valence electrons. The number of nitrogens with zero attached hydrogens (tertiary/aromatic N) is 3. The molecule has 2 aromatic carbocycles. The third kappa shape index (κ3) is 6.45. The SMILES string of the molecule is COc1ccc(-c2cnc3c(NCCCCCCNC(=O)OC(C)(C)C)nc4ccccc4n23)cc1OC. The lowest BCUT2D eigenvalue weighted by molar-refractivity contribution is 0.0527. The molecule has 1 amide bonds. The number of imidazole rings is 1. The highest BCUT2D eigenvalue weighted by atomic mass is 16.6. The van der Waals surface area contributed by atoms with Gasteiger partial charge in [0, 0.05) is 18.7 Å². The molecule has 0 bridgehead atoms. The first-order chi connectivity index (χ1) is 18.3. The maximum atomic E-state index is 11.7. The zero-order chi connectivity index (χ0) is 27.1. The summed E-state index contributed by atoms with van der Waals surface area (Å²) in [5, 5.41) is 6.30. The van der Waals surface area contributed by atoms with Gasteiger partial charge in [-0.3, -0.25) is 4.40 Å². The van der Waals surface area contributed by atoms with Crippen molar-refractivity contribution >= 4 is 28.6 Å². The fourth-order valence-corrected chi connectivity index (χ4v) is 4.31. The van der Waals surface area contributed by atoms with Gasteiger partial charge in [0.05, 0.1) is 37.1 Å². The molecule has 0 aliphatic carbocycles. The minimum Gasteiger partial charge on any atom is -0.493 e. The molecule has 9 nitrogen and oxygen atoms in total. The molecular formula is C29H37N5O4. The summed E-state index contributed by atoms with van der Waals surface area (Å²) in [6, 6.07) is 13.9. The second-order valence-corrected chi connectivity index (χ2v) is 10.1. The number of nitrogens with one attached hydrogen (secondary N) is 2. The Bertz CT molecular complexity index is 1390. The Morgan fingerprint density at radius 1 is 0.947 bits per heavy atom. The van der Waals surface area contributed by atoms with Crippen LogP contribution in [0.1, 0.15) is 46.5 Å². The molecular weight excluding hydrogens is 482 g/mol. The fourth-order valence-electron chi connectivity index (χ4n) is 4.31. The van der Waals surface area contributed by atoms with Gasteiger partial charge in [-0.05, 0) is 63.9 Å². The standard InChI is InChI=1S/C29H37N5O4/c1-29(2,3)38-28(35)31-17-11-7-6-10-16-30-26-27-32-19-23(20-14-15-24(36-4)25(18-20)37-5)34(27)22-13-9-8-12-21(22)33-26/h8-9,12-15,18-19H,6-7,10-11,16-17H2,1-5H3,(H,30,33)(H,31,35). The van der Waals surface area contributed by atoms with E-state index in [9.17, 15) is 4.79 Å². The maximum absolute atomic E-state index is 11.7. The number of unbranched alkanes of at least 4 members (excludes halogenated alkanes) is 3. The van der Waals surface area contributed by atoms with Crippen molar-refractivity contribution in [1.29, 1.82) is 0 Å². The number of alkyl carbamates (subject to hydrolysis) is 1. The number of carbonyl (C=O) groups is 1. The van der Waals surface area contributed by atoms with Crippen LogP contribution in [0.5, 0.6) is 11.5 Å². The predicted molar refractivity (Wildman–Crippen MR) is 150 cm³/mol. The van der Waals surface area contributed by atoms with E-state index in [1.807, 2.05) is 63.4 Å². The minimum atomic E-state index is -0.477. The quantitative estimate of drug-likeness (QED) is 0.232. The number of aromatic nitrogens is 3. The summed E-state index contributed by atoms with van der Waals surface area (Å²) in [5.74, 6) is 2.10. The number of ether oxygens (including phenoxy) is 3. The van der Waals surface area contributed by atoms with Crippen LogP contribution in [0.2, 0.25) is 0 Å². The summed E-state index contributed by atoms with van der Waals surface area (Å²) in [7, 11) is 3.26. The van der Waals surface area contributed by atoms with Gasteiger partial charge in [-0.2, -0.15) is 0 Å². The van der Waals surface area contributed by atoms with E-state index in [-0.39, 0.29) is 6.09 Å². The van der Waals surface area contributed by atoms with Crippen molar-refractivity contribution in [3.8, 4) is 22.8 Å². The second kappa shape index (κ2) is 12.0. The molecule has 0 saturated heterocycles. The Morgan fingerprint density at radius 3 is 2.42 bits per heavy atom. The van der Waals surface area contributed by atoms with Gasteiger partial charge in [-0.25, -0.2) is 14.8 Å². The highest BCUT2D eigenvalue weighted by Crippen LogP contribution is 2.34. The molecule has 0 aliphatic heterocycles. The van der Waals surface area contributed by atoms with Crippen LogP contribution in [0, 0.1) is 0 Å². The van der Waals surface area contributed by atoms with E-state index >= 15 is 0 Å². The Morgan fingerprint density at radius 2 is 1.68 bits per heavy atom. The summed E-state index contributed by atoms with van der Waals surface area (Å²) in [4.78, 5) is 21.3. The van der Waals surface area contributed by atoms with Gasteiger partial charge >= 0.3 is 6.09 Å². The van der Waals surface area contributed by atoms with Crippen molar-refractivity contribution in [2.75, 3.05) is 32.6 Å². The fraction of sp³-hybridized carbons (Fsp3) is 0.414. The van der Waals surface area contributed by atoms with Crippen molar-refractivity contribution in [1.82, 2.24) is 19.7 Å². The summed E-state index contributed by atoms with van der Waals surface area (Å²) in [6.45, 7) is 6.97. The Kier molecular flexibility index (Phi) is 8.55. The van der Waals surface area contributed by atoms with E-state index in [2.05, 4.69) is 21.1 Å². The third-order valence-electron chi connectivity index (χ3n) is 6.07. The molecule has 38 heavy (non-hydrogen) atoms. The van der Waals surface area contributed by atoms with Crippen LogP contribution < -0.4 is 20.1 Å². The van der Waals surface area contributed by atoms with Crippen LogP contribution in [0.25, 0.3) is 27.9 Å². The van der Waals surface area contributed by atoms with E-state index in [1.54, 1.807) is 14.2 Å². The molecule has 0 aliphatic rings. The first-order valence-corrected chi connectivity index (χ1v) is 13.0. The van der Waals surface area contributed by atoms with Crippen molar-refractivity contribution in [2.45, 2.75) is 52.1 Å². The van der Waals surface area contributed by atoms with E-state index in [0.717, 1.165) is 66.0 Å². The normalized spacial score (nSPS) is 11.5. The third-order valence-corrected chi connectivity index (χ3v) is 6.07. The molecule has 0 radical (unpaired) electrons. The summed E-state index contributed by atoms with van der Waals surface area (Å²) >= 11 is 0. The Balaban J connectivity index is 1.42. The number of fused-ring (bicyclic) bond motifs is 3. The van der Waals surface area contributed by atoms with Crippen LogP contribution in [0.15, 0.2) is 48.7 Å². The highest BCUT2D eigenvalue weighted by Gasteiger charge is 2.17. The van der Waals surface area contributed by atoms with Crippen LogP contribution in [0.4, 0.5) is 10.6 Å². The number of methoxy groups -OCH3 is 2. The summed E-state index contributed by atoms with van der Waals surface area (Å²) in [6.07, 6.45) is 5.46. The average molecular weight is 520 g/mol. The smallest absolute Gasteiger partial charge is 0.407 e. The first-order valence-electron chi connectivity index (χ1n) is 13.0. The van der Waals surface area contributed by atoms with Crippen molar-refractivity contribution < 1.29 is 19.0 Å². The number of hydrogen-bond donors (Lipinski definition) is 2. The number of rotatable bonds is 11. The Hall–Kier alpha value is -4.01. The topological polar surface area (TPSA) is 99.0 Å². The van der Waals surface area contributed by atoms with Crippen LogP contribution in [0.3, 0.4) is 0 Å². The minimum absolute atomic E-state index is 0.363. The van der Waals surface area contributed by atoms with E-state index in [0.29, 0.717) is 18.0 Å². The molecule has 2 aromatic heterocycles. The number of para-hydroxylation sites is 2. The lowest BCUT2D eigenvalue weighted by Gasteiger charge is -2.19. The summed E-state index contributed by atoms with van der Waals surface area (Å²) < 4.78 is 18.3. The lowest BCUT2D eigenvalue weighted by atomic mass is 10.1. The van der Waals surface area contributed by atoms with Crippen LogP contribution in [-0.2, 0) is 4.74 Å². The molecule has 0 unspecified atom stereocenters. The zero-order valence-corrected chi connectivity index (χ0v) is 22.8. The van der Waals surface area contributed by atoms with E-state index in [1.165, 1.54) is 0 Å². The number of amides is 1. The molecule has 0 spiro atoms. The van der Waals surface area contributed by atoms with Crippen molar-refractivity contribution in [3.63, 3.8) is 0 Å². The molecule has 0 atom stereocenters. The summed E-state index contributed by atoms with van der Waals surface area (Å²) in [5.41, 5.74) is 4.07. The van der Waals surface area contributed by atoms with Crippen LogP contribution >= 0.6 is 0 Å². The van der Waals surface area contributed by atoms with Crippen LogP contribution in [-0.4, -0.2) is 53.4 Å². The molecule has 0 saturated carbocycles. The largest absolute Gasteiger partial charge is 0.493 e. The van der Waals surface area contributed by atoms with Gasteiger partial charge in [0.15, 0.2) is 23.0 Å². The van der Waals surface area contributed by atoms with Gasteiger partial charge in [0.1, 0.15) is 5.60 Å². The maximum Gasteiger partial charge on any atom is 0.407 e. The molecule has 9 heteroatoms. The van der Waals surface area contributed by atoms with Crippen molar-refractivity contribution in [2.24, 2.45) is 0 Å². The molecule has 4 aromatic rings. The molecule has 2 heterocycles. The lowest BCUT2D eigenvalue weighted by Crippen LogP contribution is -2.32. The van der Waals surface area contributed by atoms with Gasteiger partial charge in [0.2, 0.25) is 0 Å². The van der Waals surface area contributed by atoms with Gasteiger partial charge in [-0.15, -0.1) is 0 Å². The first kappa shape index (κ1) is 27.0. The van der Waals surface area contributed by atoms with Gasteiger partial charge in [0.25, 0.3) is 0 Å². The number of hydrogen-bond acceptors (Lipinski definition) is 7. The zero-order valence-electron chi connectivity index (χ0n) is 22.8.